The first-order valence-corrected chi connectivity index (χ1v) is 4.49. The maximum atomic E-state index is 8.19. The van der Waals surface area contributed by atoms with Gasteiger partial charge in [0.2, 0.25) is 0 Å². The van der Waals surface area contributed by atoms with Crippen molar-refractivity contribution in [1.29, 1.82) is 0 Å². The van der Waals surface area contributed by atoms with Crippen molar-refractivity contribution in [1.82, 2.24) is 0 Å². The molecule has 0 N–H and O–H groups in total. The number of hydrogen-bond acceptors (Lipinski definition) is 2. The summed E-state index contributed by atoms with van der Waals surface area (Å²) in [6.07, 6.45) is 2.49. The third-order valence-corrected chi connectivity index (χ3v) is 1.76. The van der Waals surface area contributed by atoms with Crippen LogP contribution in [0.1, 0.15) is 19.3 Å². The van der Waals surface area contributed by atoms with Gasteiger partial charge in [-0.1, -0.05) is 16.6 Å². The SMILES string of the molecule is [N-]=[N+]=NCC(CCCCCl)N=[N+]=[N-]. The van der Waals surface area contributed by atoms with Crippen molar-refractivity contribution in [2.75, 3.05) is 12.4 Å². The lowest BCUT2D eigenvalue weighted by Crippen LogP contribution is -2.07. The zero-order chi connectivity index (χ0) is 9.94. The van der Waals surface area contributed by atoms with Gasteiger partial charge in [-0.15, -0.1) is 11.6 Å². The Morgan fingerprint density at radius 1 is 1.23 bits per heavy atom. The lowest BCUT2D eigenvalue weighted by atomic mass is 10.1. The van der Waals surface area contributed by atoms with Crippen LogP contribution in [0.4, 0.5) is 0 Å². The molecule has 0 bridgehead atoms. The third kappa shape index (κ3) is 7.28. The van der Waals surface area contributed by atoms with Gasteiger partial charge in [-0.25, -0.2) is 0 Å². The average Bonchev–Trinajstić information content (AvgIpc) is 2.14. The van der Waals surface area contributed by atoms with Gasteiger partial charge in [0.05, 0.1) is 0 Å². The average molecular weight is 203 g/mol. The van der Waals surface area contributed by atoms with Crippen LogP contribution < -0.4 is 0 Å². The van der Waals surface area contributed by atoms with Gasteiger partial charge in [-0.05, 0) is 23.9 Å². The van der Waals surface area contributed by atoms with E-state index >= 15 is 0 Å². The van der Waals surface area contributed by atoms with Crippen LogP contribution in [-0.4, -0.2) is 18.5 Å². The van der Waals surface area contributed by atoms with E-state index in [2.05, 4.69) is 20.1 Å². The fourth-order valence-electron chi connectivity index (χ4n) is 0.864. The summed E-state index contributed by atoms with van der Waals surface area (Å²) in [5.41, 5.74) is 16.2. The first-order valence-electron chi connectivity index (χ1n) is 3.96. The molecule has 0 spiro atoms. The van der Waals surface area contributed by atoms with Gasteiger partial charge in [0.15, 0.2) is 0 Å². The van der Waals surface area contributed by atoms with Gasteiger partial charge in [0.1, 0.15) is 0 Å². The monoisotopic (exact) mass is 202 g/mol. The van der Waals surface area contributed by atoms with E-state index in [0.29, 0.717) is 5.88 Å². The van der Waals surface area contributed by atoms with Crippen LogP contribution in [0.5, 0.6) is 0 Å². The molecular formula is C6H11ClN6. The van der Waals surface area contributed by atoms with E-state index in [1.807, 2.05) is 0 Å². The van der Waals surface area contributed by atoms with Gasteiger partial charge < -0.3 is 0 Å². The highest BCUT2D eigenvalue weighted by atomic mass is 35.5. The summed E-state index contributed by atoms with van der Waals surface area (Å²) in [4.78, 5) is 5.28. The number of halogens is 1. The fraction of sp³-hybridized carbons (Fsp3) is 1.00. The molecule has 0 aliphatic rings. The molecule has 0 heterocycles. The quantitative estimate of drug-likeness (QED) is 0.199. The van der Waals surface area contributed by atoms with Crippen molar-refractivity contribution in [3.63, 3.8) is 0 Å². The first kappa shape index (κ1) is 11.9. The highest BCUT2D eigenvalue weighted by molar-refractivity contribution is 6.17. The maximum Gasteiger partial charge on any atom is 0.0430 e. The Bertz CT molecular complexity index is 217. The Morgan fingerprint density at radius 2 is 2.00 bits per heavy atom. The van der Waals surface area contributed by atoms with Crippen molar-refractivity contribution in [3.8, 4) is 0 Å². The molecule has 0 aliphatic heterocycles. The Kier molecular flexibility index (Phi) is 8.25. The van der Waals surface area contributed by atoms with Crippen molar-refractivity contribution >= 4 is 11.6 Å². The van der Waals surface area contributed by atoms with Gasteiger partial charge >= 0.3 is 0 Å². The normalized spacial score (nSPS) is 11.2. The number of hydrogen-bond donors (Lipinski definition) is 0. The number of alkyl halides is 1. The van der Waals surface area contributed by atoms with Crippen LogP contribution in [0.15, 0.2) is 10.2 Å². The third-order valence-electron chi connectivity index (χ3n) is 1.49. The van der Waals surface area contributed by atoms with Crippen molar-refractivity contribution in [3.05, 3.63) is 20.9 Å². The van der Waals surface area contributed by atoms with Gasteiger partial charge in [-0.3, -0.25) is 0 Å². The summed E-state index contributed by atoms with van der Waals surface area (Å²) in [6.45, 7) is 0.225. The largest absolute Gasteiger partial charge is 0.127 e. The summed E-state index contributed by atoms with van der Waals surface area (Å²) in [6, 6.07) is -0.232. The smallest absolute Gasteiger partial charge is 0.0430 e. The van der Waals surface area contributed by atoms with Crippen molar-refractivity contribution < 1.29 is 0 Å². The van der Waals surface area contributed by atoms with Gasteiger partial charge in [-0.2, -0.15) is 0 Å². The Labute approximate surface area is 81.1 Å². The molecule has 0 aromatic heterocycles. The summed E-state index contributed by atoms with van der Waals surface area (Å²) in [5.74, 6) is 0.602. The zero-order valence-corrected chi connectivity index (χ0v) is 7.93. The summed E-state index contributed by atoms with van der Waals surface area (Å²) in [7, 11) is 0. The van der Waals surface area contributed by atoms with Crippen LogP contribution in [0, 0.1) is 0 Å². The minimum absolute atomic E-state index is 0.225. The number of nitrogens with zero attached hydrogens (tertiary/aromatic N) is 6. The molecule has 0 aliphatic carbocycles. The van der Waals surface area contributed by atoms with Gasteiger partial charge in [0.25, 0.3) is 0 Å². The molecule has 0 aromatic carbocycles. The van der Waals surface area contributed by atoms with Crippen LogP contribution in [0.2, 0.25) is 0 Å². The molecule has 0 saturated heterocycles. The van der Waals surface area contributed by atoms with E-state index in [0.717, 1.165) is 19.3 Å². The number of unbranched alkanes of at least 4 members (excludes halogenated alkanes) is 1. The first-order chi connectivity index (χ1) is 6.35. The van der Waals surface area contributed by atoms with E-state index in [-0.39, 0.29) is 12.6 Å². The highest BCUT2D eigenvalue weighted by Crippen LogP contribution is 2.06. The van der Waals surface area contributed by atoms with Crippen molar-refractivity contribution in [2.45, 2.75) is 25.3 Å². The molecule has 0 radical (unpaired) electrons. The van der Waals surface area contributed by atoms with Crippen LogP contribution >= 0.6 is 11.6 Å². The molecule has 7 heteroatoms. The summed E-state index contributed by atoms with van der Waals surface area (Å²) in [5, 5.41) is 6.86. The lowest BCUT2D eigenvalue weighted by molar-refractivity contribution is 0.582. The number of rotatable bonds is 7. The zero-order valence-electron chi connectivity index (χ0n) is 7.17. The summed E-state index contributed by atoms with van der Waals surface area (Å²) < 4.78 is 0. The lowest BCUT2D eigenvalue weighted by Gasteiger charge is -2.05. The molecule has 1 unspecified atom stereocenters. The summed E-state index contributed by atoms with van der Waals surface area (Å²) >= 11 is 5.48. The molecule has 0 saturated carbocycles. The molecule has 1 atom stereocenters. The van der Waals surface area contributed by atoms with Crippen LogP contribution in [0.3, 0.4) is 0 Å². The topological polar surface area (TPSA) is 97.5 Å². The highest BCUT2D eigenvalue weighted by Gasteiger charge is 2.03. The minimum Gasteiger partial charge on any atom is -0.127 e. The predicted octanol–water partition coefficient (Wildman–Crippen LogP) is 3.38. The second-order valence-corrected chi connectivity index (χ2v) is 2.83. The van der Waals surface area contributed by atoms with E-state index in [9.17, 15) is 0 Å². The van der Waals surface area contributed by atoms with Crippen LogP contribution in [0.25, 0.3) is 20.9 Å². The van der Waals surface area contributed by atoms with Crippen LogP contribution in [-0.2, 0) is 0 Å². The van der Waals surface area contributed by atoms with E-state index in [4.69, 9.17) is 22.7 Å². The minimum atomic E-state index is -0.232. The number of azide groups is 2. The van der Waals surface area contributed by atoms with Crippen molar-refractivity contribution in [2.24, 2.45) is 10.2 Å². The molecule has 6 nitrogen and oxygen atoms in total. The fourth-order valence-corrected chi connectivity index (χ4v) is 1.05. The maximum absolute atomic E-state index is 8.19. The second kappa shape index (κ2) is 9.00. The predicted molar refractivity (Wildman–Crippen MR) is 51.5 cm³/mol. The standard InChI is InChI=1S/C6H11ClN6/c7-4-2-1-3-6(11-13-9)5-10-12-8/h6H,1-5H2. The Hall–Kier alpha value is -1.09. The van der Waals surface area contributed by atoms with E-state index in [1.54, 1.807) is 0 Å². The molecule has 0 rings (SSSR count). The molecule has 0 fully saturated rings. The Morgan fingerprint density at radius 3 is 2.54 bits per heavy atom. The molecule has 72 valence electrons. The molecular weight excluding hydrogens is 192 g/mol. The molecule has 13 heavy (non-hydrogen) atoms. The Balaban J connectivity index is 3.79. The molecule has 0 aromatic rings. The van der Waals surface area contributed by atoms with Gasteiger partial charge in [0, 0.05) is 28.3 Å². The molecule has 0 amide bonds. The van der Waals surface area contributed by atoms with E-state index in [1.165, 1.54) is 0 Å². The second-order valence-electron chi connectivity index (χ2n) is 2.46. The van der Waals surface area contributed by atoms with E-state index < -0.39 is 0 Å².